The Bertz CT molecular complexity index is 1050. The van der Waals surface area contributed by atoms with E-state index in [-0.39, 0.29) is 4.90 Å². The highest BCUT2D eigenvalue weighted by molar-refractivity contribution is 7.90. The van der Waals surface area contributed by atoms with Gasteiger partial charge in [0.15, 0.2) is 0 Å². The molecule has 0 aliphatic heterocycles. The van der Waals surface area contributed by atoms with E-state index in [1.807, 2.05) is 29.7 Å². The molecule has 0 N–H and O–H groups in total. The second kappa shape index (κ2) is 6.49. The summed E-state index contributed by atoms with van der Waals surface area (Å²) in [5, 5.41) is 0. The van der Waals surface area contributed by atoms with Crippen molar-refractivity contribution in [3.63, 3.8) is 0 Å². The molecule has 0 saturated carbocycles. The molecule has 0 aliphatic carbocycles. The SMILES string of the molecule is CCc1cccc2s/c(=N\S(=O)(=O)c3ccc(F)cc3)n(CC)c12. The first-order chi connectivity index (χ1) is 11.5. The van der Waals surface area contributed by atoms with E-state index >= 15 is 0 Å². The summed E-state index contributed by atoms with van der Waals surface area (Å²) in [6.45, 7) is 4.65. The summed E-state index contributed by atoms with van der Waals surface area (Å²) in [6, 6.07) is 10.7. The van der Waals surface area contributed by atoms with Gasteiger partial charge in [0, 0.05) is 6.54 Å². The highest BCUT2D eigenvalue weighted by Gasteiger charge is 2.15. The molecule has 0 fully saturated rings. The molecule has 24 heavy (non-hydrogen) atoms. The number of hydrogen-bond donors (Lipinski definition) is 0. The summed E-state index contributed by atoms with van der Waals surface area (Å²) in [4.78, 5) is 0.414. The van der Waals surface area contributed by atoms with Crippen LogP contribution in [0, 0.1) is 5.82 Å². The summed E-state index contributed by atoms with van der Waals surface area (Å²) in [5.41, 5.74) is 2.19. The Morgan fingerprint density at radius 2 is 1.83 bits per heavy atom. The third-order valence-electron chi connectivity index (χ3n) is 3.79. The van der Waals surface area contributed by atoms with Crippen molar-refractivity contribution in [1.29, 1.82) is 0 Å². The van der Waals surface area contributed by atoms with Crippen molar-refractivity contribution in [3.8, 4) is 0 Å². The fraction of sp³-hybridized carbons (Fsp3) is 0.235. The van der Waals surface area contributed by atoms with Crippen molar-refractivity contribution in [2.45, 2.75) is 31.7 Å². The lowest BCUT2D eigenvalue weighted by molar-refractivity contribution is 0.594. The number of aryl methyl sites for hydroxylation is 2. The van der Waals surface area contributed by atoms with Gasteiger partial charge in [-0.25, -0.2) is 4.39 Å². The summed E-state index contributed by atoms with van der Waals surface area (Å²) in [7, 11) is -3.88. The van der Waals surface area contributed by atoms with Gasteiger partial charge < -0.3 is 4.57 Å². The zero-order chi connectivity index (χ0) is 17.3. The third-order valence-corrected chi connectivity index (χ3v) is 6.23. The molecule has 2 aromatic carbocycles. The lowest BCUT2D eigenvalue weighted by atomic mass is 10.1. The van der Waals surface area contributed by atoms with Crippen LogP contribution in [0.4, 0.5) is 4.39 Å². The van der Waals surface area contributed by atoms with Crippen LogP contribution in [-0.2, 0) is 23.0 Å². The first-order valence-electron chi connectivity index (χ1n) is 7.64. The quantitative estimate of drug-likeness (QED) is 0.708. The Balaban J connectivity index is 2.25. The Kier molecular flexibility index (Phi) is 4.56. The zero-order valence-corrected chi connectivity index (χ0v) is 15.0. The lowest BCUT2D eigenvalue weighted by Crippen LogP contribution is -2.16. The van der Waals surface area contributed by atoms with Gasteiger partial charge in [-0.05, 0) is 49.2 Å². The first kappa shape index (κ1) is 16.9. The summed E-state index contributed by atoms with van der Waals surface area (Å²) in [5.74, 6) is -0.480. The van der Waals surface area contributed by atoms with Crippen molar-refractivity contribution in [1.82, 2.24) is 4.57 Å². The molecule has 3 aromatic rings. The van der Waals surface area contributed by atoms with Crippen LogP contribution in [-0.4, -0.2) is 13.0 Å². The van der Waals surface area contributed by atoms with Gasteiger partial charge >= 0.3 is 0 Å². The number of nitrogens with zero attached hydrogens (tertiary/aromatic N) is 2. The van der Waals surface area contributed by atoms with E-state index in [0.717, 1.165) is 34.3 Å². The van der Waals surface area contributed by atoms with Crippen LogP contribution < -0.4 is 4.80 Å². The van der Waals surface area contributed by atoms with Gasteiger partial charge in [0.25, 0.3) is 10.0 Å². The number of halogens is 1. The van der Waals surface area contributed by atoms with Gasteiger partial charge in [0.1, 0.15) is 5.82 Å². The smallest absolute Gasteiger partial charge is 0.285 e. The second-order valence-electron chi connectivity index (χ2n) is 5.27. The average molecular weight is 364 g/mol. The number of fused-ring (bicyclic) bond motifs is 1. The predicted octanol–water partition coefficient (Wildman–Crippen LogP) is 3.71. The maximum absolute atomic E-state index is 13.0. The van der Waals surface area contributed by atoms with Crippen LogP contribution in [0.25, 0.3) is 10.2 Å². The van der Waals surface area contributed by atoms with Crippen LogP contribution in [0.1, 0.15) is 19.4 Å². The fourth-order valence-corrected chi connectivity index (χ4v) is 4.96. The van der Waals surface area contributed by atoms with Gasteiger partial charge in [0.05, 0.1) is 15.1 Å². The average Bonchev–Trinajstić information content (AvgIpc) is 2.91. The number of para-hydroxylation sites is 1. The predicted molar refractivity (Wildman–Crippen MR) is 94.0 cm³/mol. The number of benzene rings is 2. The first-order valence-corrected chi connectivity index (χ1v) is 9.89. The van der Waals surface area contributed by atoms with E-state index in [1.54, 1.807) is 0 Å². The molecular weight excluding hydrogens is 347 g/mol. The van der Waals surface area contributed by atoms with Crippen LogP contribution in [0.5, 0.6) is 0 Å². The molecule has 0 saturated heterocycles. The molecule has 0 aliphatic rings. The molecule has 0 amide bonds. The molecule has 1 heterocycles. The molecule has 3 rings (SSSR count). The second-order valence-corrected chi connectivity index (χ2v) is 7.88. The van der Waals surface area contributed by atoms with Gasteiger partial charge in [-0.2, -0.15) is 8.42 Å². The van der Waals surface area contributed by atoms with Gasteiger partial charge in [-0.3, -0.25) is 0 Å². The fourth-order valence-electron chi connectivity index (χ4n) is 2.61. The monoisotopic (exact) mass is 364 g/mol. The standard InChI is InChI=1S/C17H17FN2O2S2/c1-3-12-6-5-7-15-16(12)20(4-2)17(23-15)19-24(21,22)14-10-8-13(18)9-11-14/h5-11H,3-4H2,1-2H3/b19-17-. The molecule has 0 bridgehead atoms. The highest BCUT2D eigenvalue weighted by atomic mass is 32.2. The van der Waals surface area contributed by atoms with E-state index < -0.39 is 15.8 Å². The molecule has 4 nitrogen and oxygen atoms in total. The number of aromatic nitrogens is 1. The molecule has 0 radical (unpaired) electrons. The molecule has 0 atom stereocenters. The Morgan fingerprint density at radius 3 is 2.46 bits per heavy atom. The number of hydrogen-bond acceptors (Lipinski definition) is 3. The number of thiazole rings is 1. The van der Waals surface area contributed by atoms with E-state index in [2.05, 4.69) is 11.3 Å². The topological polar surface area (TPSA) is 51.4 Å². The molecule has 126 valence electrons. The molecule has 0 spiro atoms. The van der Waals surface area contributed by atoms with Gasteiger partial charge in [0.2, 0.25) is 4.80 Å². The third kappa shape index (κ3) is 3.01. The van der Waals surface area contributed by atoms with Gasteiger partial charge in [-0.1, -0.05) is 30.4 Å². The van der Waals surface area contributed by atoms with Gasteiger partial charge in [-0.15, -0.1) is 4.40 Å². The Hall–Kier alpha value is -1.99. The maximum Gasteiger partial charge on any atom is 0.285 e. The van der Waals surface area contributed by atoms with E-state index in [4.69, 9.17) is 0 Å². The number of sulfonamides is 1. The Labute approximate surface area is 144 Å². The summed E-state index contributed by atoms with van der Waals surface area (Å²) < 4.78 is 45.0. The van der Waals surface area contributed by atoms with Crippen molar-refractivity contribution < 1.29 is 12.8 Å². The number of rotatable bonds is 4. The normalized spacial score (nSPS) is 12.9. The van der Waals surface area contributed by atoms with E-state index in [9.17, 15) is 12.8 Å². The van der Waals surface area contributed by atoms with Crippen LogP contribution in [0.15, 0.2) is 51.8 Å². The van der Waals surface area contributed by atoms with Crippen LogP contribution in [0.3, 0.4) is 0 Å². The zero-order valence-electron chi connectivity index (χ0n) is 13.4. The summed E-state index contributed by atoms with van der Waals surface area (Å²) >= 11 is 1.35. The molecular formula is C17H17FN2O2S2. The molecule has 0 unspecified atom stereocenters. The summed E-state index contributed by atoms with van der Waals surface area (Å²) in [6.07, 6.45) is 0.859. The van der Waals surface area contributed by atoms with Crippen LogP contribution in [0.2, 0.25) is 0 Å². The lowest BCUT2D eigenvalue weighted by Gasteiger charge is -2.05. The minimum atomic E-state index is -3.88. The van der Waals surface area contributed by atoms with Crippen molar-refractivity contribution in [2.75, 3.05) is 0 Å². The van der Waals surface area contributed by atoms with Crippen molar-refractivity contribution >= 4 is 31.6 Å². The molecule has 7 heteroatoms. The van der Waals surface area contributed by atoms with Crippen LogP contribution >= 0.6 is 11.3 Å². The van der Waals surface area contributed by atoms with Crippen molar-refractivity contribution in [2.24, 2.45) is 4.40 Å². The highest BCUT2D eigenvalue weighted by Crippen LogP contribution is 2.22. The Morgan fingerprint density at radius 1 is 1.12 bits per heavy atom. The van der Waals surface area contributed by atoms with E-state index in [1.165, 1.54) is 23.5 Å². The van der Waals surface area contributed by atoms with E-state index in [0.29, 0.717) is 11.3 Å². The largest absolute Gasteiger partial charge is 0.316 e. The minimum Gasteiger partial charge on any atom is -0.316 e. The maximum atomic E-state index is 13.0. The molecule has 1 aromatic heterocycles. The minimum absolute atomic E-state index is 0.0141. The van der Waals surface area contributed by atoms with Crippen molar-refractivity contribution in [3.05, 3.63) is 58.6 Å².